The molecule has 1 aliphatic rings. The van der Waals surface area contributed by atoms with Gasteiger partial charge in [-0.1, -0.05) is 44.2 Å². The number of rotatable bonds is 15. The van der Waals surface area contributed by atoms with Gasteiger partial charge in [0.25, 0.3) is 17.6 Å². The summed E-state index contributed by atoms with van der Waals surface area (Å²) in [6.45, 7) is 5.95. The van der Waals surface area contributed by atoms with E-state index in [1.807, 2.05) is 0 Å². The second-order valence-electron chi connectivity index (χ2n) is 11.4. The Hall–Kier alpha value is -4.91. The standard InChI is InChI=1S/C34H43N3O10/c1-20(2)30-33(41)36(18-28(38)35-24(14-22-12-10-9-11-13-22)31(40)34(42)47-21(3)4)25(17-37(30)29(39)19-43-5)23-15-26(44-6)32(46-8)27(16-23)45-7/h9-13,15-17,20-21,24,30H,14,18-19H2,1-8H3,(H,35,38)/t24-,30?/m0/s1. The average Bonchev–Trinajstić information content (AvgIpc) is 3.04. The van der Waals surface area contributed by atoms with Crippen LogP contribution in [0.1, 0.15) is 38.8 Å². The first kappa shape index (κ1) is 36.6. The first-order valence-electron chi connectivity index (χ1n) is 15.1. The lowest BCUT2D eigenvalue weighted by atomic mass is 9.96. The summed E-state index contributed by atoms with van der Waals surface area (Å²) >= 11 is 0. The van der Waals surface area contributed by atoms with Crippen LogP contribution in [-0.2, 0) is 39.9 Å². The normalized spacial score (nSPS) is 15.2. The van der Waals surface area contributed by atoms with Gasteiger partial charge in [-0.05, 0) is 37.5 Å². The average molecular weight is 654 g/mol. The van der Waals surface area contributed by atoms with Gasteiger partial charge in [0.1, 0.15) is 25.2 Å². The Kier molecular flexibility index (Phi) is 12.9. The van der Waals surface area contributed by atoms with Crippen molar-refractivity contribution >= 4 is 35.2 Å². The summed E-state index contributed by atoms with van der Waals surface area (Å²) in [5, 5.41) is 2.64. The number of carbonyl (C=O) groups excluding carboxylic acids is 5. The molecule has 0 spiro atoms. The number of ketones is 1. The Labute approximate surface area is 274 Å². The van der Waals surface area contributed by atoms with Crippen molar-refractivity contribution in [1.29, 1.82) is 0 Å². The van der Waals surface area contributed by atoms with Crippen LogP contribution in [0.3, 0.4) is 0 Å². The predicted octanol–water partition coefficient (Wildman–Crippen LogP) is 2.60. The molecule has 0 aliphatic carbocycles. The number of methoxy groups -OCH3 is 4. The van der Waals surface area contributed by atoms with E-state index in [0.717, 1.165) is 0 Å². The van der Waals surface area contributed by atoms with Crippen LogP contribution in [0.25, 0.3) is 5.70 Å². The lowest BCUT2D eigenvalue weighted by molar-refractivity contribution is -0.157. The van der Waals surface area contributed by atoms with Crippen molar-refractivity contribution in [3.8, 4) is 17.2 Å². The number of hydrogen-bond acceptors (Lipinski definition) is 10. The fourth-order valence-electron chi connectivity index (χ4n) is 5.19. The van der Waals surface area contributed by atoms with Crippen LogP contribution < -0.4 is 19.5 Å². The van der Waals surface area contributed by atoms with Gasteiger partial charge in [-0.3, -0.25) is 24.1 Å². The zero-order valence-corrected chi connectivity index (χ0v) is 28.0. The van der Waals surface area contributed by atoms with E-state index in [2.05, 4.69) is 5.32 Å². The maximum atomic E-state index is 14.2. The molecule has 0 saturated heterocycles. The Balaban J connectivity index is 2.09. The van der Waals surface area contributed by atoms with E-state index in [0.29, 0.717) is 16.9 Å². The van der Waals surface area contributed by atoms with Gasteiger partial charge in [0.15, 0.2) is 11.5 Å². The maximum Gasteiger partial charge on any atom is 0.377 e. The highest BCUT2D eigenvalue weighted by Crippen LogP contribution is 2.41. The van der Waals surface area contributed by atoms with Gasteiger partial charge < -0.3 is 33.9 Å². The molecule has 0 fully saturated rings. The van der Waals surface area contributed by atoms with E-state index < -0.39 is 54.2 Å². The summed E-state index contributed by atoms with van der Waals surface area (Å²) in [5.41, 5.74) is 1.24. The molecule has 1 heterocycles. The van der Waals surface area contributed by atoms with Crippen LogP contribution in [0.15, 0.2) is 48.7 Å². The van der Waals surface area contributed by atoms with E-state index in [9.17, 15) is 24.0 Å². The zero-order chi connectivity index (χ0) is 34.8. The Morgan fingerprint density at radius 2 is 1.51 bits per heavy atom. The number of hydrogen-bond donors (Lipinski definition) is 1. The van der Waals surface area contributed by atoms with Crippen molar-refractivity contribution in [1.82, 2.24) is 15.1 Å². The Bertz CT molecular complexity index is 1460. The largest absolute Gasteiger partial charge is 0.493 e. The van der Waals surface area contributed by atoms with Crippen LogP contribution in [0.5, 0.6) is 17.2 Å². The highest BCUT2D eigenvalue weighted by Gasteiger charge is 2.42. The lowest BCUT2D eigenvalue weighted by Gasteiger charge is -2.41. The fraction of sp³-hybridized carbons (Fsp3) is 0.441. The highest BCUT2D eigenvalue weighted by atomic mass is 16.5. The molecule has 3 amide bonds. The van der Waals surface area contributed by atoms with Crippen molar-refractivity contribution < 1.29 is 47.7 Å². The molecule has 13 nitrogen and oxygen atoms in total. The second-order valence-corrected chi connectivity index (χ2v) is 11.4. The second kappa shape index (κ2) is 16.6. The summed E-state index contributed by atoms with van der Waals surface area (Å²) in [5.74, 6) is -3.25. The van der Waals surface area contributed by atoms with E-state index >= 15 is 0 Å². The number of esters is 1. The SMILES string of the molecule is COCC(=O)N1C=C(c2cc(OC)c(OC)c(OC)c2)N(CC(=O)N[C@@H](Cc2ccccc2)C(=O)C(=O)OC(C)C)C(=O)C1C(C)C. The Morgan fingerprint density at radius 3 is 2.02 bits per heavy atom. The number of carbonyl (C=O) groups is 5. The van der Waals surface area contributed by atoms with Crippen LogP contribution in [-0.4, -0.2) is 99.1 Å². The van der Waals surface area contributed by atoms with E-state index in [4.69, 9.17) is 23.7 Å². The summed E-state index contributed by atoms with van der Waals surface area (Å²) in [6.07, 6.45) is 0.942. The number of Topliss-reactive ketones (excluding diaryl/α,β-unsaturated/α-hetero) is 1. The molecule has 254 valence electrons. The number of nitrogens with zero attached hydrogens (tertiary/aromatic N) is 2. The molecule has 2 aromatic rings. The number of amides is 3. The third kappa shape index (κ3) is 8.88. The van der Waals surface area contributed by atoms with Gasteiger partial charge in [0, 0.05) is 25.3 Å². The number of ether oxygens (including phenoxy) is 5. The third-order valence-electron chi connectivity index (χ3n) is 7.30. The molecule has 0 radical (unpaired) electrons. The van der Waals surface area contributed by atoms with Crippen LogP contribution >= 0.6 is 0 Å². The molecule has 13 heteroatoms. The molecule has 47 heavy (non-hydrogen) atoms. The quantitative estimate of drug-likeness (QED) is 0.225. The van der Waals surface area contributed by atoms with Gasteiger partial charge in [-0.2, -0.15) is 0 Å². The Morgan fingerprint density at radius 1 is 0.894 bits per heavy atom. The molecule has 0 saturated carbocycles. The predicted molar refractivity (Wildman–Crippen MR) is 171 cm³/mol. The molecule has 0 aromatic heterocycles. The monoisotopic (exact) mass is 653 g/mol. The van der Waals surface area contributed by atoms with E-state index in [1.165, 1.54) is 44.4 Å². The van der Waals surface area contributed by atoms with Gasteiger partial charge in [0.05, 0.1) is 33.1 Å². The smallest absolute Gasteiger partial charge is 0.377 e. The van der Waals surface area contributed by atoms with Gasteiger partial charge in [-0.15, -0.1) is 0 Å². The maximum absolute atomic E-state index is 14.2. The molecule has 0 bridgehead atoms. The molecular formula is C34H43N3O10. The minimum absolute atomic E-state index is 0.00997. The van der Waals surface area contributed by atoms with Gasteiger partial charge in [0.2, 0.25) is 11.7 Å². The van der Waals surface area contributed by atoms with Crippen LogP contribution in [0, 0.1) is 5.92 Å². The highest BCUT2D eigenvalue weighted by molar-refractivity contribution is 6.36. The van der Waals surface area contributed by atoms with Gasteiger partial charge in [-0.25, -0.2) is 4.79 Å². The van der Waals surface area contributed by atoms with Crippen molar-refractivity contribution in [2.24, 2.45) is 5.92 Å². The van der Waals surface area contributed by atoms with Gasteiger partial charge >= 0.3 is 5.97 Å². The van der Waals surface area contributed by atoms with Crippen LogP contribution in [0.4, 0.5) is 0 Å². The molecule has 1 aliphatic heterocycles. The first-order chi connectivity index (χ1) is 22.4. The summed E-state index contributed by atoms with van der Waals surface area (Å²) in [6, 6.07) is 9.80. The van der Waals surface area contributed by atoms with E-state index in [1.54, 1.807) is 70.2 Å². The van der Waals surface area contributed by atoms with Crippen molar-refractivity contribution in [2.75, 3.05) is 41.6 Å². The van der Waals surface area contributed by atoms with E-state index in [-0.39, 0.29) is 36.1 Å². The molecule has 2 atom stereocenters. The molecule has 1 unspecified atom stereocenters. The van der Waals surface area contributed by atoms with Crippen molar-refractivity contribution in [2.45, 2.75) is 52.3 Å². The minimum Gasteiger partial charge on any atom is -0.493 e. The van der Waals surface area contributed by atoms with Crippen LogP contribution in [0.2, 0.25) is 0 Å². The zero-order valence-electron chi connectivity index (χ0n) is 28.0. The van der Waals surface area contributed by atoms with Crippen molar-refractivity contribution in [3.63, 3.8) is 0 Å². The number of nitrogens with one attached hydrogen (secondary N) is 1. The summed E-state index contributed by atoms with van der Waals surface area (Å²) in [7, 11) is 5.69. The third-order valence-corrected chi connectivity index (χ3v) is 7.30. The molecule has 2 aromatic carbocycles. The minimum atomic E-state index is -1.27. The lowest BCUT2D eigenvalue weighted by Crippen LogP contribution is -2.57. The summed E-state index contributed by atoms with van der Waals surface area (Å²) < 4.78 is 26.7. The first-order valence-corrected chi connectivity index (χ1v) is 15.1. The topological polar surface area (TPSA) is 150 Å². The van der Waals surface area contributed by atoms with Crippen molar-refractivity contribution in [3.05, 3.63) is 59.8 Å². The molecular weight excluding hydrogens is 610 g/mol. The number of benzene rings is 2. The fourth-order valence-corrected chi connectivity index (χ4v) is 5.19. The molecule has 1 N–H and O–H groups in total. The molecule has 3 rings (SSSR count). The summed E-state index contributed by atoms with van der Waals surface area (Å²) in [4.78, 5) is 69.5.